The van der Waals surface area contributed by atoms with Crippen molar-refractivity contribution >= 4 is 17.4 Å². The van der Waals surface area contributed by atoms with E-state index < -0.39 is 5.92 Å². The zero-order valence-corrected chi connectivity index (χ0v) is 14.0. The monoisotopic (exact) mass is 325 g/mol. The molecule has 2 N–H and O–H groups in total. The molecule has 2 rings (SSSR count). The molecule has 0 aliphatic carbocycles. The van der Waals surface area contributed by atoms with Gasteiger partial charge in [0.25, 0.3) is 0 Å². The largest absolute Gasteiger partial charge is 0.325 e. The van der Waals surface area contributed by atoms with Crippen molar-refractivity contribution in [3.05, 3.63) is 60.4 Å². The van der Waals surface area contributed by atoms with E-state index in [2.05, 4.69) is 15.6 Å². The minimum Gasteiger partial charge on any atom is -0.325 e. The average molecular weight is 325 g/mol. The molecule has 0 saturated heterocycles. The van der Waals surface area contributed by atoms with Gasteiger partial charge in [-0.15, -0.1) is 0 Å². The van der Waals surface area contributed by atoms with Crippen LogP contribution in [0.3, 0.4) is 0 Å². The highest BCUT2D eigenvalue weighted by Gasteiger charge is 2.31. The fourth-order valence-corrected chi connectivity index (χ4v) is 2.64. The third-order valence-electron chi connectivity index (χ3n) is 3.92. The molecule has 0 fully saturated rings. The number of carbonyl (C=O) groups excluding carboxylic acids is 2. The topological polar surface area (TPSA) is 71.1 Å². The van der Waals surface area contributed by atoms with Crippen LogP contribution in [0.2, 0.25) is 0 Å². The lowest BCUT2D eigenvalue weighted by Crippen LogP contribution is -2.45. The van der Waals surface area contributed by atoms with E-state index in [4.69, 9.17) is 0 Å². The van der Waals surface area contributed by atoms with Crippen LogP contribution in [0.5, 0.6) is 0 Å². The lowest BCUT2D eigenvalue weighted by atomic mass is 9.92. The number of nitrogens with zero attached hydrogens (tertiary/aromatic N) is 1. The van der Waals surface area contributed by atoms with Crippen LogP contribution in [0.4, 0.5) is 5.69 Å². The molecule has 0 aliphatic rings. The molecule has 24 heavy (non-hydrogen) atoms. The summed E-state index contributed by atoms with van der Waals surface area (Å²) in [4.78, 5) is 28.6. The molecule has 2 aromatic rings. The van der Waals surface area contributed by atoms with E-state index in [-0.39, 0.29) is 17.7 Å². The molecule has 0 saturated carbocycles. The van der Waals surface area contributed by atoms with Gasteiger partial charge in [-0.1, -0.05) is 25.1 Å². The Hall–Kier alpha value is -2.53. The predicted octanol–water partition coefficient (Wildman–Crippen LogP) is 2.79. The summed E-state index contributed by atoms with van der Waals surface area (Å²) in [5.41, 5.74) is 1.76. The number of pyridine rings is 1. The van der Waals surface area contributed by atoms with E-state index >= 15 is 0 Å². The lowest BCUT2D eigenvalue weighted by Gasteiger charge is -2.24. The number of para-hydroxylation sites is 1. The molecular formula is C19H23N3O2. The van der Waals surface area contributed by atoms with E-state index in [0.717, 1.165) is 5.56 Å². The van der Waals surface area contributed by atoms with Gasteiger partial charge in [-0.2, -0.15) is 0 Å². The normalized spacial score (nSPS) is 13.1. The van der Waals surface area contributed by atoms with Gasteiger partial charge in [-0.25, -0.2) is 0 Å². The highest BCUT2D eigenvalue weighted by molar-refractivity contribution is 6.07. The first-order chi connectivity index (χ1) is 11.6. The Morgan fingerprint density at radius 2 is 1.75 bits per heavy atom. The van der Waals surface area contributed by atoms with Gasteiger partial charge < -0.3 is 10.6 Å². The summed E-state index contributed by atoms with van der Waals surface area (Å²) in [5, 5.41) is 6.15. The molecule has 2 atom stereocenters. The molecule has 0 spiro atoms. The molecule has 1 heterocycles. The molecule has 126 valence electrons. The number of rotatable bonds is 8. The molecule has 5 nitrogen and oxygen atoms in total. The van der Waals surface area contributed by atoms with Crippen molar-refractivity contribution in [2.75, 3.05) is 5.32 Å². The van der Waals surface area contributed by atoms with Crippen LogP contribution < -0.4 is 10.6 Å². The molecule has 1 aromatic heterocycles. The van der Waals surface area contributed by atoms with Crippen LogP contribution in [-0.2, 0) is 16.1 Å². The molecule has 0 bridgehead atoms. The fourth-order valence-electron chi connectivity index (χ4n) is 2.64. The Kier molecular flexibility index (Phi) is 6.63. The highest BCUT2D eigenvalue weighted by atomic mass is 16.2. The van der Waals surface area contributed by atoms with Gasteiger partial charge in [0.05, 0.1) is 0 Å². The SMILES string of the molecule is CCC(NCc1ccncc1)C(C(C)=O)C(=O)Nc1ccccc1. The number of benzene rings is 1. The van der Waals surface area contributed by atoms with Crippen LogP contribution >= 0.6 is 0 Å². The second kappa shape index (κ2) is 8.93. The zero-order valence-electron chi connectivity index (χ0n) is 14.0. The van der Waals surface area contributed by atoms with Crippen molar-refractivity contribution in [1.29, 1.82) is 0 Å². The van der Waals surface area contributed by atoms with Gasteiger partial charge in [-0.3, -0.25) is 14.6 Å². The van der Waals surface area contributed by atoms with Crippen molar-refractivity contribution in [2.45, 2.75) is 32.9 Å². The number of hydrogen-bond donors (Lipinski definition) is 2. The number of hydrogen-bond acceptors (Lipinski definition) is 4. The van der Waals surface area contributed by atoms with Crippen molar-refractivity contribution < 1.29 is 9.59 Å². The zero-order chi connectivity index (χ0) is 17.4. The Labute approximate surface area is 142 Å². The number of nitrogens with one attached hydrogen (secondary N) is 2. The van der Waals surface area contributed by atoms with Crippen LogP contribution in [0, 0.1) is 5.92 Å². The summed E-state index contributed by atoms with van der Waals surface area (Å²) in [6, 6.07) is 12.8. The van der Waals surface area contributed by atoms with Crippen LogP contribution in [0.15, 0.2) is 54.9 Å². The van der Waals surface area contributed by atoms with E-state index in [1.807, 2.05) is 37.3 Å². The van der Waals surface area contributed by atoms with Gasteiger partial charge in [0.15, 0.2) is 0 Å². The first kappa shape index (κ1) is 17.8. The molecule has 0 radical (unpaired) electrons. The summed E-state index contributed by atoms with van der Waals surface area (Å²) >= 11 is 0. The Morgan fingerprint density at radius 1 is 1.08 bits per heavy atom. The lowest BCUT2D eigenvalue weighted by molar-refractivity contribution is -0.131. The number of ketones is 1. The van der Waals surface area contributed by atoms with Crippen molar-refractivity contribution in [2.24, 2.45) is 5.92 Å². The maximum absolute atomic E-state index is 12.6. The average Bonchev–Trinajstić information content (AvgIpc) is 2.59. The Balaban J connectivity index is 2.05. The van der Waals surface area contributed by atoms with Crippen LogP contribution in [0.1, 0.15) is 25.8 Å². The van der Waals surface area contributed by atoms with Gasteiger partial charge in [-0.05, 0) is 43.2 Å². The number of aromatic nitrogens is 1. The molecule has 1 amide bonds. The summed E-state index contributed by atoms with van der Waals surface area (Å²) < 4.78 is 0. The molecule has 5 heteroatoms. The summed E-state index contributed by atoms with van der Waals surface area (Å²) in [6.45, 7) is 4.02. The van der Waals surface area contributed by atoms with Gasteiger partial charge in [0, 0.05) is 30.7 Å². The number of amides is 1. The highest BCUT2D eigenvalue weighted by Crippen LogP contribution is 2.15. The van der Waals surface area contributed by atoms with Crippen molar-refractivity contribution in [3.8, 4) is 0 Å². The van der Waals surface area contributed by atoms with Crippen LogP contribution in [-0.4, -0.2) is 22.7 Å². The minimum atomic E-state index is -0.725. The fraction of sp³-hybridized carbons (Fsp3) is 0.316. The van der Waals surface area contributed by atoms with Crippen LogP contribution in [0.25, 0.3) is 0 Å². The Bertz CT molecular complexity index is 659. The van der Waals surface area contributed by atoms with Gasteiger partial charge >= 0.3 is 0 Å². The maximum Gasteiger partial charge on any atom is 0.236 e. The Morgan fingerprint density at radius 3 is 2.33 bits per heavy atom. The van der Waals surface area contributed by atoms with Gasteiger partial charge in [0.1, 0.15) is 11.7 Å². The van der Waals surface area contributed by atoms with Crippen molar-refractivity contribution in [1.82, 2.24) is 10.3 Å². The number of carbonyl (C=O) groups is 2. The van der Waals surface area contributed by atoms with Gasteiger partial charge in [0.2, 0.25) is 5.91 Å². The molecule has 2 unspecified atom stereocenters. The first-order valence-corrected chi connectivity index (χ1v) is 8.10. The molecule has 0 aliphatic heterocycles. The summed E-state index contributed by atoms with van der Waals surface area (Å²) in [6.07, 6.45) is 4.13. The maximum atomic E-state index is 12.6. The second-order valence-electron chi connectivity index (χ2n) is 5.69. The summed E-state index contributed by atoms with van der Waals surface area (Å²) in [7, 11) is 0. The van der Waals surface area contributed by atoms with E-state index in [1.165, 1.54) is 6.92 Å². The molecular weight excluding hydrogens is 302 g/mol. The predicted molar refractivity (Wildman–Crippen MR) is 94.4 cm³/mol. The number of Topliss-reactive ketones (excluding diaryl/α,β-unsaturated/α-hetero) is 1. The van der Waals surface area contributed by atoms with E-state index in [9.17, 15) is 9.59 Å². The minimum absolute atomic E-state index is 0.141. The van der Waals surface area contributed by atoms with Crippen molar-refractivity contribution in [3.63, 3.8) is 0 Å². The van der Waals surface area contributed by atoms with E-state index in [0.29, 0.717) is 18.7 Å². The third-order valence-corrected chi connectivity index (χ3v) is 3.92. The summed E-state index contributed by atoms with van der Waals surface area (Å²) in [5.74, 6) is -1.14. The third kappa shape index (κ3) is 4.99. The standard InChI is InChI=1S/C19H23N3O2/c1-3-17(21-13-15-9-11-20-12-10-15)18(14(2)23)19(24)22-16-7-5-4-6-8-16/h4-12,17-18,21H,3,13H2,1-2H3,(H,22,24). The smallest absolute Gasteiger partial charge is 0.236 e. The second-order valence-corrected chi connectivity index (χ2v) is 5.69. The first-order valence-electron chi connectivity index (χ1n) is 8.10. The quantitative estimate of drug-likeness (QED) is 0.732. The molecule has 1 aromatic carbocycles. The van der Waals surface area contributed by atoms with E-state index in [1.54, 1.807) is 24.5 Å². The number of anilines is 1.